The number of benzene rings is 2. The Kier molecular flexibility index (Phi) is 5.67. The molecule has 26 heavy (non-hydrogen) atoms. The molecule has 1 amide bonds. The van der Waals surface area contributed by atoms with Crippen LogP contribution in [0.4, 0.5) is 5.69 Å². The molecule has 5 heteroatoms. The van der Waals surface area contributed by atoms with Gasteiger partial charge in [0, 0.05) is 16.7 Å². The molecule has 1 aliphatic rings. The minimum Gasteiger partial charge on any atom is -0.452 e. The van der Waals surface area contributed by atoms with Crippen molar-refractivity contribution in [2.24, 2.45) is 0 Å². The number of esters is 1. The van der Waals surface area contributed by atoms with Gasteiger partial charge in [-0.2, -0.15) is 0 Å². The fraction of sp³-hybridized carbons (Fsp3) is 0.333. The first kappa shape index (κ1) is 18.5. The van der Waals surface area contributed by atoms with Gasteiger partial charge in [-0.05, 0) is 44.0 Å². The highest BCUT2D eigenvalue weighted by atomic mass is 32.2. The third kappa shape index (κ3) is 4.10. The molecule has 3 rings (SSSR count). The van der Waals surface area contributed by atoms with Crippen LogP contribution in [0.5, 0.6) is 0 Å². The number of fused-ring (bicyclic) bond motifs is 1. The number of aryl methyl sites for hydroxylation is 2. The Hall–Kier alpha value is -2.27. The first-order chi connectivity index (χ1) is 12.5. The summed E-state index contributed by atoms with van der Waals surface area (Å²) in [5.74, 6) is -0.646. The van der Waals surface area contributed by atoms with E-state index in [1.165, 1.54) is 0 Å². The van der Waals surface area contributed by atoms with Crippen molar-refractivity contribution < 1.29 is 14.3 Å². The molecule has 1 atom stereocenters. The van der Waals surface area contributed by atoms with Crippen LogP contribution in [-0.2, 0) is 9.53 Å². The standard InChI is InChI=1S/C21H23NO3S/c1-14-8-9-17(15(2)12-14)21(24)25-13-20(23)22-11-10-16(3)26-19-7-5-4-6-18(19)22/h4-9,12,16H,10-11,13H2,1-3H3/t16-/m1/s1. The van der Waals surface area contributed by atoms with Crippen molar-refractivity contribution in [1.29, 1.82) is 0 Å². The van der Waals surface area contributed by atoms with Crippen LogP contribution in [0.1, 0.15) is 34.8 Å². The number of rotatable bonds is 3. The van der Waals surface area contributed by atoms with Gasteiger partial charge in [-0.1, -0.05) is 36.8 Å². The number of hydrogen-bond donors (Lipinski definition) is 0. The van der Waals surface area contributed by atoms with Crippen LogP contribution >= 0.6 is 11.8 Å². The molecule has 0 saturated carbocycles. The molecule has 0 N–H and O–H groups in total. The van der Waals surface area contributed by atoms with Gasteiger partial charge in [0.2, 0.25) is 0 Å². The second-order valence-electron chi connectivity index (χ2n) is 6.62. The summed E-state index contributed by atoms with van der Waals surface area (Å²) in [5, 5.41) is 0.437. The summed E-state index contributed by atoms with van der Waals surface area (Å²) in [7, 11) is 0. The van der Waals surface area contributed by atoms with Crippen LogP contribution < -0.4 is 4.90 Å². The van der Waals surface area contributed by atoms with E-state index < -0.39 is 5.97 Å². The van der Waals surface area contributed by atoms with Crippen LogP contribution in [0.2, 0.25) is 0 Å². The monoisotopic (exact) mass is 369 g/mol. The highest BCUT2D eigenvalue weighted by Gasteiger charge is 2.25. The van der Waals surface area contributed by atoms with Gasteiger partial charge in [-0.15, -0.1) is 11.8 Å². The maximum Gasteiger partial charge on any atom is 0.338 e. The number of para-hydroxylation sites is 1. The first-order valence-electron chi connectivity index (χ1n) is 8.76. The predicted molar refractivity (Wildman–Crippen MR) is 105 cm³/mol. The van der Waals surface area contributed by atoms with E-state index in [0.717, 1.165) is 28.1 Å². The summed E-state index contributed by atoms with van der Waals surface area (Å²) in [6.07, 6.45) is 0.899. The van der Waals surface area contributed by atoms with E-state index in [1.807, 2.05) is 50.2 Å². The lowest BCUT2D eigenvalue weighted by Crippen LogP contribution is -2.35. The molecular weight excluding hydrogens is 346 g/mol. The van der Waals surface area contributed by atoms with E-state index in [1.54, 1.807) is 22.7 Å². The Labute approximate surface area is 158 Å². The van der Waals surface area contributed by atoms with Gasteiger partial charge in [-0.25, -0.2) is 4.79 Å². The molecule has 0 bridgehead atoms. The quantitative estimate of drug-likeness (QED) is 0.754. The minimum atomic E-state index is -0.457. The highest BCUT2D eigenvalue weighted by molar-refractivity contribution is 8.00. The Bertz CT molecular complexity index is 834. The number of nitrogens with zero attached hydrogens (tertiary/aromatic N) is 1. The number of amides is 1. The molecule has 2 aromatic carbocycles. The summed E-state index contributed by atoms with van der Waals surface area (Å²) in [6.45, 7) is 6.39. The molecule has 1 heterocycles. The van der Waals surface area contributed by atoms with E-state index in [4.69, 9.17) is 4.74 Å². The Morgan fingerprint density at radius 1 is 1.19 bits per heavy atom. The second-order valence-corrected chi connectivity index (χ2v) is 8.11. The SMILES string of the molecule is Cc1ccc(C(=O)OCC(=O)N2CC[C@@H](C)Sc3ccccc32)c(C)c1. The summed E-state index contributed by atoms with van der Waals surface area (Å²) >= 11 is 1.78. The van der Waals surface area contributed by atoms with Crippen molar-refractivity contribution in [2.75, 3.05) is 18.1 Å². The number of thioether (sulfide) groups is 1. The molecule has 0 spiro atoms. The van der Waals surface area contributed by atoms with E-state index in [-0.39, 0.29) is 12.5 Å². The van der Waals surface area contributed by atoms with Crippen molar-refractivity contribution in [3.63, 3.8) is 0 Å². The van der Waals surface area contributed by atoms with Gasteiger partial charge in [0.1, 0.15) is 0 Å². The van der Waals surface area contributed by atoms with E-state index in [9.17, 15) is 9.59 Å². The molecule has 4 nitrogen and oxygen atoms in total. The molecule has 1 aliphatic heterocycles. The summed E-state index contributed by atoms with van der Waals surface area (Å²) in [5.41, 5.74) is 3.34. The normalized spacial score (nSPS) is 16.6. The van der Waals surface area contributed by atoms with Gasteiger partial charge in [0.15, 0.2) is 6.61 Å². The maximum atomic E-state index is 12.7. The minimum absolute atomic E-state index is 0.190. The van der Waals surface area contributed by atoms with Crippen LogP contribution in [0.15, 0.2) is 47.4 Å². The van der Waals surface area contributed by atoms with E-state index in [0.29, 0.717) is 17.4 Å². The number of hydrogen-bond acceptors (Lipinski definition) is 4. The van der Waals surface area contributed by atoms with Gasteiger partial charge in [0.25, 0.3) is 5.91 Å². The first-order valence-corrected chi connectivity index (χ1v) is 9.64. The van der Waals surface area contributed by atoms with Crippen molar-refractivity contribution in [3.05, 3.63) is 59.2 Å². The number of anilines is 1. The van der Waals surface area contributed by atoms with Crippen molar-refractivity contribution in [1.82, 2.24) is 0 Å². The van der Waals surface area contributed by atoms with E-state index >= 15 is 0 Å². The van der Waals surface area contributed by atoms with Crippen LogP contribution in [-0.4, -0.2) is 30.3 Å². The fourth-order valence-electron chi connectivity index (χ4n) is 3.07. The molecular formula is C21H23NO3S. The average molecular weight is 369 g/mol. The Balaban J connectivity index is 1.71. The van der Waals surface area contributed by atoms with Crippen molar-refractivity contribution >= 4 is 29.3 Å². The summed E-state index contributed by atoms with van der Waals surface area (Å²) in [6, 6.07) is 13.4. The van der Waals surface area contributed by atoms with Gasteiger partial charge < -0.3 is 9.64 Å². The zero-order valence-electron chi connectivity index (χ0n) is 15.3. The molecule has 2 aromatic rings. The maximum absolute atomic E-state index is 12.7. The van der Waals surface area contributed by atoms with Gasteiger partial charge in [0.05, 0.1) is 11.3 Å². The lowest BCUT2D eigenvalue weighted by Gasteiger charge is -2.22. The third-order valence-corrected chi connectivity index (χ3v) is 5.71. The lowest BCUT2D eigenvalue weighted by molar-refractivity contribution is -0.121. The number of carbonyl (C=O) groups excluding carboxylic acids is 2. The average Bonchev–Trinajstić information content (AvgIpc) is 2.77. The summed E-state index contributed by atoms with van der Waals surface area (Å²) < 4.78 is 5.31. The van der Waals surface area contributed by atoms with Crippen molar-refractivity contribution in [3.8, 4) is 0 Å². The topological polar surface area (TPSA) is 46.6 Å². The Morgan fingerprint density at radius 3 is 2.73 bits per heavy atom. The molecule has 0 radical (unpaired) electrons. The van der Waals surface area contributed by atoms with Crippen molar-refractivity contribution in [2.45, 2.75) is 37.3 Å². The molecule has 0 saturated heterocycles. The third-order valence-electron chi connectivity index (χ3n) is 4.47. The zero-order chi connectivity index (χ0) is 18.7. The number of carbonyl (C=O) groups is 2. The van der Waals surface area contributed by atoms with Gasteiger partial charge >= 0.3 is 5.97 Å². The zero-order valence-corrected chi connectivity index (χ0v) is 16.1. The molecule has 0 unspecified atom stereocenters. The summed E-state index contributed by atoms with van der Waals surface area (Å²) in [4.78, 5) is 27.9. The molecule has 0 aliphatic carbocycles. The molecule has 0 fully saturated rings. The van der Waals surface area contributed by atoms with E-state index in [2.05, 4.69) is 6.92 Å². The second kappa shape index (κ2) is 7.96. The smallest absolute Gasteiger partial charge is 0.338 e. The molecule has 0 aromatic heterocycles. The highest BCUT2D eigenvalue weighted by Crippen LogP contribution is 2.37. The Morgan fingerprint density at radius 2 is 1.96 bits per heavy atom. The molecule has 136 valence electrons. The predicted octanol–water partition coefficient (Wildman–Crippen LogP) is 4.38. The van der Waals surface area contributed by atoms with Crippen LogP contribution in [0.25, 0.3) is 0 Å². The largest absolute Gasteiger partial charge is 0.452 e. The fourth-order valence-corrected chi connectivity index (χ4v) is 4.18. The van der Waals surface area contributed by atoms with Gasteiger partial charge in [-0.3, -0.25) is 4.79 Å². The van der Waals surface area contributed by atoms with Crippen LogP contribution in [0.3, 0.4) is 0 Å². The lowest BCUT2D eigenvalue weighted by atomic mass is 10.1. The number of ether oxygens (including phenoxy) is 1. The van der Waals surface area contributed by atoms with Crippen LogP contribution in [0, 0.1) is 13.8 Å².